The second kappa shape index (κ2) is 5.48. The highest BCUT2D eigenvalue weighted by Crippen LogP contribution is 1.95. The Balaban J connectivity index is 2.05. The first-order valence-electron chi connectivity index (χ1n) is 4.71. The molecule has 0 aromatic heterocycles. The van der Waals surface area contributed by atoms with Crippen LogP contribution in [0.3, 0.4) is 0 Å². The SMILES string of the molecule is NCC(N)CCN1CCNCC1. The lowest BCUT2D eigenvalue weighted by Crippen LogP contribution is -2.45. The predicted molar refractivity (Wildman–Crippen MR) is 51.0 cm³/mol. The van der Waals surface area contributed by atoms with Crippen LogP contribution in [0.4, 0.5) is 0 Å². The molecule has 72 valence electrons. The van der Waals surface area contributed by atoms with Gasteiger partial charge < -0.3 is 21.7 Å². The molecule has 1 rings (SSSR count). The van der Waals surface area contributed by atoms with Gasteiger partial charge in [0.25, 0.3) is 0 Å². The van der Waals surface area contributed by atoms with E-state index in [0.717, 1.165) is 39.1 Å². The lowest BCUT2D eigenvalue weighted by Gasteiger charge is -2.27. The molecule has 0 saturated carbocycles. The quantitative estimate of drug-likeness (QED) is 0.486. The van der Waals surface area contributed by atoms with Crippen molar-refractivity contribution >= 4 is 0 Å². The molecular weight excluding hydrogens is 152 g/mol. The molecule has 0 amide bonds. The molecule has 4 heteroatoms. The van der Waals surface area contributed by atoms with Crippen LogP contribution < -0.4 is 16.8 Å². The minimum Gasteiger partial charge on any atom is -0.329 e. The predicted octanol–water partition coefficient (Wildman–Crippen LogP) is -1.43. The number of hydrogen-bond donors (Lipinski definition) is 3. The number of piperazine rings is 1. The second-order valence-electron chi connectivity index (χ2n) is 3.38. The first-order valence-corrected chi connectivity index (χ1v) is 4.71. The van der Waals surface area contributed by atoms with E-state index in [4.69, 9.17) is 11.5 Å². The first kappa shape index (κ1) is 9.92. The molecule has 0 spiro atoms. The molecule has 5 N–H and O–H groups in total. The molecule has 0 aromatic carbocycles. The van der Waals surface area contributed by atoms with Crippen molar-refractivity contribution in [2.24, 2.45) is 11.5 Å². The highest BCUT2D eigenvalue weighted by molar-refractivity contribution is 4.70. The van der Waals surface area contributed by atoms with Crippen LogP contribution in [-0.4, -0.2) is 50.2 Å². The van der Waals surface area contributed by atoms with Crippen LogP contribution in [-0.2, 0) is 0 Å². The van der Waals surface area contributed by atoms with Crippen molar-refractivity contribution in [2.75, 3.05) is 39.3 Å². The summed E-state index contributed by atoms with van der Waals surface area (Å²) >= 11 is 0. The van der Waals surface area contributed by atoms with Crippen LogP contribution in [0.25, 0.3) is 0 Å². The van der Waals surface area contributed by atoms with Gasteiger partial charge in [-0.05, 0) is 13.0 Å². The molecular formula is C8H20N4. The van der Waals surface area contributed by atoms with Gasteiger partial charge in [0, 0.05) is 38.8 Å². The van der Waals surface area contributed by atoms with Crippen molar-refractivity contribution in [1.29, 1.82) is 0 Å². The van der Waals surface area contributed by atoms with Gasteiger partial charge in [-0.1, -0.05) is 0 Å². The fraction of sp³-hybridized carbons (Fsp3) is 1.00. The number of nitrogens with one attached hydrogen (secondary N) is 1. The third-order valence-corrected chi connectivity index (χ3v) is 2.33. The van der Waals surface area contributed by atoms with Crippen molar-refractivity contribution in [3.63, 3.8) is 0 Å². The highest BCUT2D eigenvalue weighted by Gasteiger charge is 2.09. The minimum absolute atomic E-state index is 0.180. The van der Waals surface area contributed by atoms with Crippen LogP contribution in [0.2, 0.25) is 0 Å². The summed E-state index contributed by atoms with van der Waals surface area (Å²) in [5.41, 5.74) is 11.2. The third-order valence-electron chi connectivity index (χ3n) is 2.33. The van der Waals surface area contributed by atoms with Crippen molar-refractivity contribution in [3.05, 3.63) is 0 Å². The maximum atomic E-state index is 5.72. The van der Waals surface area contributed by atoms with Crippen molar-refractivity contribution in [2.45, 2.75) is 12.5 Å². The van der Waals surface area contributed by atoms with Gasteiger partial charge in [-0.25, -0.2) is 0 Å². The first-order chi connectivity index (χ1) is 5.83. The Hall–Kier alpha value is -0.160. The zero-order chi connectivity index (χ0) is 8.81. The van der Waals surface area contributed by atoms with E-state index in [-0.39, 0.29) is 6.04 Å². The number of nitrogens with zero attached hydrogens (tertiary/aromatic N) is 1. The van der Waals surface area contributed by atoms with E-state index >= 15 is 0 Å². The van der Waals surface area contributed by atoms with E-state index in [0.29, 0.717) is 6.54 Å². The molecule has 1 atom stereocenters. The average molecular weight is 172 g/mol. The highest BCUT2D eigenvalue weighted by atomic mass is 15.2. The van der Waals surface area contributed by atoms with E-state index < -0.39 is 0 Å². The van der Waals surface area contributed by atoms with E-state index in [1.165, 1.54) is 0 Å². The fourth-order valence-corrected chi connectivity index (χ4v) is 1.40. The summed E-state index contributed by atoms with van der Waals surface area (Å²) in [6, 6.07) is 0.180. The van der Waals surface area contributed by atoms with Crippen molar-refractivity contribution in [3.8, 4) is 0 Å². The topological polar surface area (TPSA) is 67.3 Å². The number of nitrogens with two attached hydrogens (primary N) is 2. The summed E-state index contributed by atoms with van der Waals surface area (Å²) in [7, 11) is 0. The molecule has 1 aliphatic rings. The van der Waals surface area contributed by atoms with Crippen molar-refractivity contribution < 1.29 is 0 Å². The second-order valence-corrected chi connectivity index (χ2v) is 3.38. The van der Waals surface area contributed by atoms with Gasteiger partial charge in [-0.15, -0.1) is 0 Å². The standard InChI is InChI=1S/C8H20N4/c9-7-8(10)1-4-12-5-2-11-3-6-12/h8,11H,1-7,9-10H2. The van der Waals surface area contributed by atoms with Crippen LogP contribution in [0.15, 0.2) is 0 Å². The largest absolute Gasteiger partial charge is 0.329 e. The zero-order valence-corrected chi connectivity index (χ0v) is 7.63. The molecule has 1 fully saturated rings. The van der Waals surface area contributed by atoms with E-state index in [2.05, 4.69) is 10.2 Å². The van der Waals surface area contributed by atoms with Gasteiger partial charge in [0.2, 0.25) is 0 Å². The van der Waals surface area contributed by atoms with Gasteiger partial charge in [-0.3, -0.25) is 0 Å². The molecule has 0 aromatic rings. The van der Waals surface area contributed by atoms with Gasteiger partial charge in [0.1, 0.15) is 0 Å². The maximum absolute atomic E-state index is 5.72. The Labute approximate surface area is 74.3 Å². The Morgan fingerprint density at radius 2 is 2.00 bits per heavy atom. The zero-order valence-electron chi connectivity index (χ0n) is 7.63. The summed E-state index contributed by atoms with van der Waals surface area (Å²) < 4.78 is 0. The van der Waals surface area contributed by atoms with Crippen molar-refractivity contribution in [1.82, 2.24) is 10.2 Å². The average Bonchev–Trinajstić information content (AvgIpc) is 2.16. The van der Waals surface area contributed by atoms with Crippen LogP contribution in [0, 0.1) is 0 Å². The lowest BCUT2D eigenvalue weighted by molar-refractivity contribution is 0.233. The van der Waals surface area contributed by atoms with Crippen LogP contribution in [0.1, 0.15) is 6.42 Å². The maximum Gasteiger partial charge on any atom is 0.0175 e. The van der Waals surface area contributed by atoms with Crippen LogP contribution in [0.5, 0.6) is 0 Å². The smallest absolute Gasteiger partial charge is 0.0175 e. The van der Waals surface area contributed by atoms with Gasteiger partial charge >= 0.3 is 0 Å². The molecule has 12 heavy (non-hydrogen) atoms. The van der Waals surface area contributed by atoms with E-state index in [1.807, 2.05) is 0 Å². The normalized spacial score (nSPS) is 22.5. The minimum atomic E-state index is 0.180. The molecule has 1 aliphatic heterocycles. The molecule has 1 heterocycles. The molecule has 0 bridgehead atoms. The third kappa shape index (κ3) is 3.49. The van der Waals surface area contributed by atoms with E-state index in [9.17, 15) is 0 Å². The summed E-state index contributed by atoms with van der Waals surface area (Å²) in [4.78, 5) is 2.44. The molecule has 4 nitrogen and oxygen atoms in total. The number of rotatable bonds is 4. The molecule has 0 radical (unpaired) electrons. The van der Waals surface area contributed by atoms with Gasteiger partial charge in [-0.2, -0.15) is 0 Å². The van der Waals surface area contributed by atoms with Gasteiger partial charge in [0.05, 0.1) is 0 Å². The Morgan fingerprint density at radius 1 is 1.33 bits per heavy atom. The fourth-order valence-electron chi connectivity index (χ4n) is 1.40. The summed E-state index contributed by atoms with van der Waals surface area (Å²) in [6.07, 6.45) is 1.02. The number of hydrogen-bond acceptors (Lipinski definition) is 4. The Morgan fingerprint density at radius 3 is 2.58 bits per heavy atom. The molecule has 1 saturated heterocycles. The summed E-state index contributed by atoms with van der Waals surface area (Å²) in [5, 5.41) is 3.32. The summed E-state index contributed by atoms with van der Waals surface area (Å²) in [6.45, 7) is 6.22. The van der Waals surface area contributed by atoms with Crippen LogP contribution >= 0.6 is 0 Å². The monoisotopic (exact) mass is 172 g/mol. The van der Waals surface area contributed by atoms with E-state index in [1.54, 1.807) is 0 Å². The molecule has 0 aliphatic carbocycles. The Kier molecular flexibility index (Phi) is 4.53. The van der Waals surface area contributed by atoms with Gasteiger partial charge in [0.15, 0.2) is 0 Å². The Bertz CT molecular complexity index is 112. The lowest BCUT2D eigenvalue weighted by atomic mass is 10.2. The molecule has 1 unspecified atom stereocenters. The summed E-state index contributed by atoms with van der Waals surface area (Å²) in [5.74, 6) is 0.